The maximum absolute atomic E-state index is 12.2. The van der Waals surface area contributed by atoms with Crippen molar-refractivity contribution < 1.29 is 23.1 Å². The fraction of sp³-hybridized carbons (Fsp3) is 0.529. The third-order valence-electron chi connectivity index (χ3n) is 3.86. The summed E-state index contributed by atoms with van der Waals surface area (Å²) in [6.07, 6.45) is 1.62. The van der Waals surface area contributed by atoms with E-state index in [1.165, 1.54) is 0 Å². The smallest absolute Gasteiger partial charge is 0.323 e. The zero-order valence-corrected chi connectivity index (χ0v) is 15.0. The molecule has 0 heterocycles. The molecule has 0 aliphatic carbocycles. The molecule has 1 aromatic rings. The second kappa shape index (κ2) is 9.42. The van der Waals surface area contributed by atoms with Gasteiger partial charge < -0.3 is 10.0 Å². The summed E-state index contributed by atoms with van der Waals surface area (Å²) >= 11 is 0. The Morgan fingerprint density at radius 2 is 1.83 bits per heavy atom. The molecule has 0 aliphatic rings. The zero-order chi connectivity index (χ0) is 18.2. The van der Waals surface area contributed by atoms with Crippen LogP contribution in [0.5, 0.6) is 0 Å². The molecule has 1 aromatic carbocycles. The molecule has 0 aromatic heterocycles. The van der Waals surface area contributed by atoms with Crippen LogP contribution in [-0.4, -0.2) is 54.4 Å². The van der Waals surface area contributed by atoms with Gasteiger partial charge in [-0.2, -0.15) is 0 Å². The summed E-state index contributed by atoms with van der Waals surface area (Å²) in [7, 11) is -3.56. The van der Waals surface area contributed by atoms with Crippen LogP contribution < -0.4 is 0 Å². The Kier molecular flexibility index (Phi) is 7.91. The quantitative estimate of drug-likeness (QED) is 0.690. The predicted octanol–water partition coefficient (Wildman–Crippen LogP) is 1.75. The second-order valence-electron chi connectivity index (χ2n) is 5.85. The number of benzene rings is 1. The van der Waals surface area contributed by atoms with Crippen LogP contribution in [0.15, 0.2) is 30.3 Å². The van der Waals surface area contributed by atoms with E-state index in [4.69, 9.17) is 5.11 Å². The van der Waals surface area contributed by atoms with Crippen LogP contribution in [0.3, 0.4) is 0 Å². The van der Waals surface area contributed by atoms with Gasteiger partial charge in [0.05, 0.1) is 5.75 Å². The zero-order valence-electron chi connectivity index (χ0n) is 14.1. The van der Waals surface area contributed by atoms with Gasteiger partial charge in [-0.15, -0.1) is 0 Å². The van der Waals surface area contributed by atoms with Crippen LogP contribution in [0.2, 0.25) is 0 Å². The highest BCUT2D eigenvalue weighted by molar-refractivity contribution is 7.92. The Labute approximate surface area is 143 Å². The minimum Gasteiger partial charge on any atom is -0.480 e. The van der Waals surface area contributed by atoms with E-state index in [0.29, 0.717) is 19.3 Å². The van der Waals surface area contributed by atoms with Crippen molar-refractivity contribution in [2.24, 2.45) is 0 Å². The Morgan fingerprint density at radius 1 is 1.21 bits per heavy atom. The molecular formula is C17H25NO5S. The number of carbonyl (C=O) groups is 2. The molecular weight excluding hydrogens is 330 g/mol. The van der Waals surface area contributed by atoms with Crippen molar-refractivity contribution in [3.05, 3.63) is 35.9 Å². The SMILES string of the molecule is CCC(C)N(CC(=O)O)C(=O)CS(=O)(=O)CCCc1ccccc1. The average Bonchev–Trinajstić information content (AvgIpc) is 2.52. The van der Waals surface area contributed by atoms with Crippen molar-refractivity contribution in [3.8, 4) is 0 Å². The molecule has 24 heavy (non-hydrogen) atoms. The van der Waals surface area contributed by atoms with Crippen molar-refractivity contribution in [2.45, 2.75) is 39.2 Å². The molecule has 7 heteroatoms. The first-order valence-corrected chi connectivity index (χ1v) is 9.83. The number of carboxylic acids is 1. The van der Waals surface area contributed by atoms with E-state index >= 15 is 0 Å². The van der Waals surface area contributed by atoms with E-state index in [2.05, 4.69) is 0 Å². The van der Waals surface area contributed by atoms with Crippen molar-refractivity contribution in [1.82, 2.24) is 4.90 Å². The predicted molar refractivity (Wildman–Crippen MR) is 92.5 cm³/mol. The first-order chi connectivity index (χ1) is 11.2. The molecule has 0 bridgehead atoms. The minimum atomic E-state index is -3.56. The molecule has 1 N–H and O–H groups in total. The Balaban J connectivity index is 2.60. The van der Waals surface area contributed by atoms with Crippen LogP contribution in [0.4, 0.5) is 0 Å². The van der Waals surface area contributed by atoms with E-state index in [1.54, 1.807) is 6.92 Å². The first kappa shape index (κ1) is 20.2. The van der Waals surface area contributed by atoms with Gasteiger partial charge in [-0.3, -0.25) is 9.59 Å². The molecule has 1 atom stereocenters. The fourth-order valence-electron chi connectivity index (χ4n) is 2.34. The number of amides is 1. The van der Waals surface area contributed by atoms with Crippen molar-refractivity contribution in [3.63, 3.8) is 0 Å². The average molecular weight is 355 g/mol. The Bertz CT molecular complexity index is 642. The number of hydrogen-bond acceptors (Lipinski definition) is 4. The normalized spacial score (nSPS) is 12.6. The molecule has 0 saturated heterocycles. The minimum absolute atomic E-state index is 0.0882. The lowest BCUT2D eigenvalue weighted by Gasteiger charge is -2.26. The van der Waals surface area contributed by atoms with Gasteiger partial charge in [-0.1, -0.05) is 37.3 Å². The van der Waals surface area contributed by atoms with Gasteiger partial charge in [0.1, 0.15) is 12.3 Å². The lowest BCUT2D eigenvalue weighted by atomic mass is 10.1. The molecule has 1 amide bonds. The van der Waals surface area contributed by atoms with E-state index in [0.717, 1.165) is 10.5 Å². The highest BCUT2D eigenvalue weighted by Crippen LogP contribution is 2.08. The molecule has 6 nitrogen and oxygen atoms in total. The van der Waals surface area contributed by atoms with Crippen LogP contribution in [0.1, 0.15) is 32.3 Å². The van der Waals surface area contributed by atoms with Crippen molar-refractivity contribution in [2.75, 3.05) is 18.1 Å². The van der Waals surface area contributed by atoms with Gasteiger partial charge in [-0.25, -0.2) is 8.42 Å². The number of rotatable bonds is 10. The highest BCUT2D eigenvalue weighted by Gasteiger charge is 2.26. The van der Waals surface area contributed by atoms with Gasteiger partial charge in [-0.05, 0) is 31.7 Å². The van der Waals surface area contributed by atoms with Crippen LogP contribution in [0.25, 0.3) is 0 Å². The number of hydrogen-bond donors (Lipinski definition) is 1. The molecule has 0 fully saturated rings. The standard InChI is InChI=1S/C17H25NO5S/c1-3-14(2)18(12-17(20)21)16(19)13-24(22,23)11-7-10-15-8-5-4-6-9-15/h4-6,8-9,14H,3,7,10-13H2,1-2H3,(H,20,21). The molecule has 0 saturated carbocycles. The molecule has 0 radical (unpaired) electrons. The van der Waals surface area contributed by atoms with Gasteiger partial charge in [0.25, 0.3) is 0 Å². The lowest BCUT2D eigenvalue weighted by Crippen LogP contribution is -2.44. The molecule has 1 unspecified atom stereocenters. The summed E-state index contributed by atoms with van der Waals surface area (Å²) < 4.78 is 24.3. The summed E-state index contributed by atoms with van der Waals surface area (Å²) in [5.41, 5.74) is 1.05. The summed E-state index contributed by atoms with van der Waals surface area (Å²) in [5, 5.41) is 8.90. The third kappa shape index (κ3) is 7.12. The van der Waals surface area contributed by atoms with Crippen LogP contribution in [0, 0.1) is 0 Å². The summed E-state index contributed by atoms with van der Waals surface area (Å²) in [6, 6.07) is 9.22. The van der Waals surface area contributed by atoms with E-state index in [-0.39, 0.29) is 11.8 Å². The summed E-state index contributed by atoms with van der Waals surface area (Å²) in [6.45, 7) is 3.05. The van der Waals surface area contributed by atoms with E-state index in [9.17, 15) is 18.0 Å². The largest absolute Gasteiger partial charge is 0.480 e. The maximum Gasteiger partial charge on any atom is 0.323 e. The number of aliphatic carboxylic acids is 1. The Morgan fingerprint density at radius 3 is 2.38 bits per heavy atom. The van der Waals surface area contributed by atoms with E-state index < -0.39 is 34.0 Å². The second-order valence-corrected chi connectivity index (χ2v) is 8.04. The maximum atomic E-state index is 12.2. The number of carboxylic acid groups (broad SMARTS) is 1. The summed E-state index contributed by atoms with van der Waals surface area (Å²) in [4.78, 5) is 24.2. The van der Waals surface area contributed by atoms with Crippen LogP contribution >= 0.6 is 0 Å². The monoisotopic (exact) mass is 355 g/mol. The van der Waals surface area contributed by atoms with Crippen LogP contribution in [-0.2, 0) is 25.8 Å². The van der Waals surface area contributed by atoms with Gasteiger partial charge >= 0.3 is 5.97 Å². The number of carbonyl (C=O) groups excluding carboxylic acids is 1. The number of sulfone groups is 1. The topological polar surface area (TPSA) is 91.8 Å². The Hall–Kier alpha value is -1.89. The molecule has 134 valence electrons. The molecule has 0 spiro atoms. The highest BCUT2D eigenvalue weighted by atomic mass is 32.2. The third-order valence-corrected chi connectivity index (χ3v) is 5.45. The number of aryl methyl sites for hydroxylation is 1. The van der Waals surface area contributed by atoms with E-state index in [1.807, 2.05) is 37.3 Å². The number of nitrogens with zero attached hydrogens (tertiary/aromatic N) is 1. The summed E-state index contributed by atoms with van der Waals surface area (Å²) in [5.74, 6) is -2.52. The van der Waals surface area contributed by atoms with Gasteiger partial charge in [0.15, 0.2) is 9.84 Å². The van der Waals surface area contributed by atoms with Crippen molar-refractivity contribution in [1.29, 1.82) is 0 Å². The first-order valence-electron chi connectivity index (χ1n) is 8.00. The fourth-order valence-corrected chi connectivity index (χ4v) is 3.61. The lowest BCUT2D eigenvalue weighted by molar-refractivity contribution is -0.144. The van der Waals surface area contributed by atoms with Gasteiger partial charge in [0.2, 0.25) is 5.91 Å². The van der Waals surface area contributed by atoms with Gasteiger partial charge in [0, 0.05) is 6.04 Å². The molecule has 1 rings (SSSR count). The molecule has 0 aliphatic heterocycles. The van der Waals surface area contributed by atoms with Crippen molar-refractivity contribution >= 4 is 21.7 Å².